The summed E-state index contributed by atoms with van der Waals surface area (Å²) in [6.07, 6.45) is 2.97. The highest BCUT2D eigenvalue weighted by Gasteiger charge is 2.29. The topological polar surface area (TPSA) is 58.6 Å². The molecule has 1 aromatic heterocycles. The minimum atomic E-state index is -0.897. The highest BCUT2D eigenvalue weighted by molar-refractivity contribution is 7.13. The molecule has 2 N–H and O–H groups in total. The molecule has 0 spiro atoms. The number of halogens is 1. The third-order valence-electron chi connectivity index (χ3n) is 6.62. The number of carboxylic acids is 1. The lowest BCUT2D eigenvalue weighted by Gasteiger charge is -2.26. The molecule has 2 aromatic carbocycles. The van der Waals surface area contributed by atoms with Crippen molar-refractivity contribution in [2.45, 2.75) is 32.3 Å². The van der Waals surface area contributed by atoms with E-state index in [4.69, 9.17) is 21.4 Å². The zero-order chi connectivity index (χ0) is 24.1. The Morgan fingerprint density at radius 1 is 1.09 bits per heavy atom. The first kappa shape index (κ1) is 24.5. The second-order valence-corrected chi connectivity index (χ2v) is 10.8. The standard InChI is InChI=1S/C28H30ClNO3S/c1-28(2,20-6-4-3-5-7-20)21-9-11-22(12-10-21)30-16-24-19(8-14-25(24)29)17-33-18-23-13-15-26(34-23)27(31)32/h3-7,9-15,19,24,30H,8,16-18H2,1-2H3,(H,31,32)/t19-,24?/m1/s1. The number of ether oxygens (including phenoxy) is 1. The van der Waals surface area contributed by atoms with Crippen molar-refractivity contribution in [1.29, 1.82) is 0 Å². The van der Waals surface area contributed by atoms with Crippen LogP contribution < -0.4 is 5.32 Å². The Hall–Kier alpha value is -2.60. The third-order valence-corrected chi connectivity index (χ3v) is 8.10. The molecule has 4 rings (SSSR count). The SMILES string of the molecule is CC(C)(c1ccccc1)c1ccc(NCC2C(Cl)=CC[C@@H]2COCc2ccc(C(=O)O)s2)cc1. The molecule has 1 aliphatic carbocycles. The summed E-state index contributed by atoms with van der Waals surface area (Å²) in [5.41, 5.74) is 3.58. The average Bonchev–Trinajstić information content (AvgIpc) is 3.45. The first-order chi connectivity index (χ1) is 16.3. The van der Waals surface area contributed by atoms with Gasteiger partial charge in [0.25, 0.3) is 0 Å². The predicted molar refractivity (Wildman–Crippen MR) is 140 cm³/mol. The molecule has 0 bridgehead atoms. The zero-order valence-corrected chi connectivity index (χ0v) is 21.0. The van der Waals surface area contributed by atoms with Crippen LogP contribution in [0.4, 0.5) is 5.69 Å². The van der Waals surface area contributed by atoms with Gasteiger partial charge in [-0.25, -0.2) is 4.79 Å². The Balaban J connectivity index is 1.30. The van der Waals surface area contributed by atoms with Gasteiger partial charge in [0.05, 0.1) is 13.2 Å². The van der Waals surface area contributed by atoms with Crippen molar-refractivity contribution < 1.29 is 14.6 Å². The van der Waals surface area contributed by atoms with E-state index in [1.165, 1.54) is 22.5 Å². The smallest absolute Gasteiger partial charge is 0.345 e. The molecular weight excluding hydrogens is 466 g/mol. The van der Waals surface area contributed by atoms with Crippen molar-refractivity contribution in [1.82, 2.24) is 0 Å². The summed E-state index contributed by atoms with van der Waals surface area (Å²) in [5.74, 6) is -0.402. The first-order valence-corrected chi connectivity index (χ1v) is 12.7. The van der Waals surface area contributed by atoms with Crippen LogP contribution in [0.5, 0.6) is 0 Å². The van der Waals surface area contributed by atoms with Gasteiger partial charge in [-0.05, 0) is 47.7 Å². The number of thiophene rings is 1. The highest BCUT2D eigenvalue weighted by atomic mass is 35.5. The Morgan fingerprint density at radius 3 is 2.47 bits per heavy atom. The van der Waals surface area contributed by atoms with Crippen LogP contribution in [-0.2, 0) is 16.8 Å². The lowest BCUT2D eigenvalue weighted by Crippen LogP contribution is -2.23. The molecule has 0 saturated carbocycles. The van der Waals surface area contributed by atoms with Gasteiger partial charge in [0, 0.05) is 33.5 Å². The van der Waals surface area contributed by atoms with E-state index in [-0.39, 0.29) is 11.3 Å². The molecule has 0 amide bonds. The van der Waals surface area contributed by atoms with E-state index in [0.717, 1.165) is 28.6 Å². The van der Waals surface area contributed by atoms with Crippen LogP contribution in [0.25, 0.3) is 0 Å². The summed E-state index contributed by atoms with van der Waals surface area (Å²) in [4.78, 5) is 12.3. The fraction of sp³-hybridized carbons (Fsp3) is 0.321. The maximum absolute atomic E-state index is 11.0. The number of rotatable bonds is 10. The predicted octanol–water partition coefficient (Wildman–Crippen LogP) is 7.16. The maximum Gasteiger partial charge on any atom is 0.345 e. The number of allylic oxidation sites excluding steroid dienone is 1. The molecule has 0 radical (unpaired) electrons. The first-order valence-electron chi connectivity index (χ1n) is 11.5. The molecule has 4 nitrogen and oxygen atoms in total. The zero-order valence-electron chi connectivity index (χ0n) is 19.5. The quantitative estimate of drug-likeness (QED) is 0.313. The molecule has 0 aliphatic heterocycles. The Kier molecular flexibility index (Phi) is 7.77. The molecule has 1 heterocycles. The van der Waals surface area contributed by atoms with E-state index >= 15 is 0 Å². The second-order valence-electron chi connectivity index (χ2n) is 9.23. The largest absolute Gasteiger partial charge is 0.477 e. The highest BCUT2D eigenvalue weighted by Crippen LogP contribution is 2.36. The maximum atomic E-state index is 11.0. The molecule has 3 aromatic rings. The van der Waals surface area contributed by atoms with Gasteiger partial charge in [-0.1, -0.05) is 74.0 Å². The van der Waals surface area contributed by atoms with E-state index < -0.39 is 5.97 Å². The van der Waals surface area contributed by atoms with Gasteiger partial charge < -0.3 is 15.2 Å². The van der Waals surface area contributed by atoms with Crippen LogP contribution in [0.3, 0.4) is 0 Å². The van der Waals surface area contributed by atoms with Crippen LogP contribution in [0.2, 0.25) is 0 Å². The number of carboxylic acid groups (broad SMARTS) is 1. The molecule has 0 fully saturated rings. The van der Waals surface area contributed by atoms with Gasteiger partial charge >= 0.3 is 5.97 Å². The van der Waals surface area contributed by atoms with Gasteiger partial charge in [-0.15, -0.1) is 11.3 Å². The van der Waals surface area contributed by atoms with Gasteiger partial charge in [-0.3, -0.25) is 0 Å². The number of benzene rings is 2. The Bertz CT molecular complexity index is 1140. The average molecular weight is 496 g/mol. The van der Waals surface area contributed by atoms with Crippen molar-refractivity contribution in [3.8, 4) is 0 Å². The van der Waals surface area contributed by atoms with Gasteiger partial charge in [0.1, 0.15) is 4.88 Å². The van der Waals surface area contributed by atoms with E-state index in [1.807, 2.05) is 12.1 Å². The summed E-state index contributed by atoms with van der Waals surface area (Å²) in [7, 11) is 0. The van der Waals surface area contributed by atoms with E-state index in [9.17, 15) is 4.79 Å². The number of hydrogen-bond donors (Lipinski definition) is 2. The summed E-state index contributed by atoms with van der Waals surface area (Å²) in [6, 6.07) is 22.6. The molecular formula is C28H30ClNO3S. The minimum Gasteiger partial charge on any atom is -0.477 e. The van der Waals surface area contributed by atoms with Crippen LogP contribution in [0, 0.1) is 11.8 Å². The van der Waals surface area contributed by atoms with Crippen molar-refractivity contribution in [2.75, 3.05) is 18.5 Å². The lowest BCUT2D eigenvalue weighted by molar-refractivity contribution is 0.0702. The molecule has 178 valence electrons. The lowest BCUT2D eigenvalue weighted by atomic mass is 9.78. The van der Waals surface area contributed by atoms with E-state index in [1.54, 1.807) is 6.07 Å². The van der Waals surface area contributed by atoms with Crippen molar-refractivity contribution in [2.24, 2.45) is 11.8 Å². The number of nitrogens with one attached hydrogen (secondary N) is 1. The summed E-state index contributed by atoms with van der Waals surface area (Å²) in [5, 5.41) is 13.5. The molecule has 1 unspecified atom stereocenters. The summed E-state index contributed by atoms with van der Waals surface area (Å²) < 4.78 is 5.92. The van der Waals surface area contributed by atoms with Crippen molar-refractivity contribution in [3.63, 3.8) is 0 Å². The molecule has 1 aliphatic rings. The molecule has 34 heavy (non-hydrogen) atoms. The Morgan fingerprint density at radius 2 is 1.79 bits per heavy atom. The van der Waals surface area contributed by atoms with Crippen LogP contribution in [-0.4, -0.2) is 24.2 Å². The number of anilines is 1. The summed E-state index contributed by atoms with van der Waals surface area (Å²) >= 11 is 7.79. The van der Waals surface area contributed by atoms with Crippen molar-refractivity contribution in [3.05, 3.63) is 98.7 Å². The van der Waals surface area contributed by atoms with Crippen molar-refractivity contribution >= 4 is 34.6 Å². The van der Waals surface area contributed by atoms with Gasteiger partial charge in [-0.2, -0.15) is 0 Å². The normalized spacial score (nSPS) is 18.0. The van der Waals surface area contributed by atoms with Crippen LogP contribution >= 0.6 is 22.9 Å². The van der Waals surface area contributed by atoms with Gasteiger partial charge in [0.2, 0.25) is 0 Å². The monoisotopic (exact) mass is 495 g/mol. The Labute approximate surface area is 210 Å². The third kappa shape index (κ3) is 5.72. The fourth-order valence-corrected chi connectivity index (χ4v) is 5.52. The number of aromatic carboxylic acids is 1. The minimum absolute atomic E-state index is 0.0620. The molecule has 6 heteroatoms. The van der Waals surface area contributed by atoms with E-state index in [0.29, 0.717) is 24.0 Å². The summed E-state index contributed by atoms with van der Waals surface area (Å²) in [6.45, 7) is 6.25. The fourth-order valence-electron chi connectivity index (χ4n) is 4.39. The van der Waals surface area contributed by atoms with E-state index in [2.05, 4.69) is 73.8 Å². The van der Waals surface area contributed by atoms with Crippen LogP contribution in [0.15, 0.2) is 77.8 Å². The number of hydrogen-bond acceptors (Lipinski definition) is 4. The molecule has 0 saturated heterocycles. The van der Waals surface area contributed by atoms with Crippen LogP contribution in [0.1, 0.15) is 45.9 Å². The molecule has 2 atom stereocenters. The van der Waals surface area contributed by atoms with Gasteiger partial charge in [0.15, 0.2) is 0 Å². The second kappa shape index (κ2) is 10.8. The number of carbonyl (C=O) groups is 1.